The molecule has 5 nitrogen and oxygen atoms in total. The lowest BCUT2D eigenvalue weighted by molar-refractivity contribution is 0.143. The molecule has 2 atom stereocenters. The van der Waals surface area contributed by atoms with E-state index in [1.165, 1.54) is 6.42 Å². The fraction of sp³-hybridized carbons (Fsp3) is 0.500. The van der Waals surface area contributed by atoms with E-state index in [9.17, 15) is 5.11 Å². The van der Waals surface area contributed by atoms with E-state index < -0.39 is 0 Å². The van der Waals surface area contributed by atoms with Crippen LogP contribution in [0.5, 0.6) is 0 Å². The Labute approximate surface area is 111 Å². The molecule has 1 saturated carbocycles. The number of nitrogen functional groups attached to an aromatic ring is 1. The summed E-state index contributed by atoms with van der Waals surface area (Å²) in [7, 11) is 0. The zero-order chi connectivity index (χ0) is 13.2. The summed E-state index contributed by atoms with van der Waals surface area (Å²) in [6.45, 7) is 0. The fourth-order valence-corrected chi connectivity index (χ4v) is 2.62. The van der Waals surface area contributed by atoms with Gasteiger partial charge in [-0.3, -0.25) is 0 Å². The van der Waals surface area contributed by atoms with Gasteiger partial charge in [0, 0.05) is 11.8 Å². The molecule has 19 heavy (non-hydrogen) atoms. The summed E-state index contributed by atoms with van der Waals surface area (Å²) in [5, 5.41) is 13.3. The van der Waals surface area contributed by atoms with Gasteiger partial charge in [-0.2, -0.15) is 4.98 Å². The summed E-state index contributed by atoms with van der Waals surface area (Å²) in [6.07, 6.45) is 4.85. The first-order chi connectivity index (χ1) is 9.22. The Kier molecular flexibility index (Phi) is 3.29. The molecule has 1 aliphatic carbocycles. The summed E-state index contributed by atoms with van der Waals surface area (Å²) < 4.78 is 5.63. The number of anilines is 2. The highest BCUT2D eigenvalue weighted by Gasteiger charge is 2.23. The zero-order valence-corrected chi connectivity index (χ0v) is 10.8. The number of aromatic nitrogens is 1. The monoisotopic (exact) mass is 261 g/mol. The third-order valence-corrected chi connectivity index (χ3v) is 3.70. The van der Waals surface area contributed by atoms with Crippen LogP contribution in [0.15, 0.2) is 22.6 Å². The molecule has 0 radical (unpaired) electrons. The Hall–Kier alpha value is -1.75. The van der Waals surface area contributed by atoms with Gasteiger partial charge in [-0.1, -0.05) is 19.3 Å². The summed E-state index contributed by atoms with van der Waals surface area (Å²) in [4.78, 5) is 4.37. The Bertz CT molecular complexity index is 567. The largest absolute Gasteiger partial charge is 0.423 e. The maximum Gasteiger partial charge on any atom is 0.295 e. The van der Waals surface area contributed by atoms with Crippen molar-refractivity contribution in [2.24, 2.45) is 0 Å². The van der Waals surface area contributed by atoms with Gasteiger partial charge in [0.2, 0.25) is 0 Å². The zero-order valence-electron chi connectivity index (χ0n) is 10.8. The Morgan fingerprint density at radius 2 is 2.11 bits per heavy atom. The van der Waals surface area contributed by atoms with Gasteiger partial charge in [-0.15, -0.1) is 0 Å². The predicted molar refractivity (Wildman–Crippen MR) is 74.9 cm³/mol. The molecular formula is C14H19N3O2. The van der Waals surface area contributed by atoms with Crippen LogP contribution in [0.4, 0.5) is 11.7 Å². The number of fused-ring (bicyclic) bond motifs is 1. The lowest BCUT2D eigenvalue weighted by Gasteiger charge is -2.20. The van der Waals surface area contributed by atoms with E-state index in [-0.39, 0.29) is 12.1 Å². The summed E-state index contributed by atoms with van der Waals surface area (Å²) >= 11 is 0. The molecule has 0 saturated heterocycles. The summed E-state index contributed by atoms with van der Waals surface area (Å²) in [5.74, 6) is 0. The standard InChI is InChI=1S/C14H19N3O2/c15-9-6-7-11-13(8-9)19-14(17-11)16-10-4-2-1-3-5-12(10)18/h6-8,10,12,18H,1-5,15H2,(H,16,17). The second-order valence-electron chi connectivity index (χ2n) is 5.20. The van der Waals surface area contributed by atoms with Crippen LogP contribution in [0.1, 0.15) is 32.1 Å². The molecule has 3 rings (SSSR count). The minimum atomic E-state index is -0.331. The Morgan fingerprint density at radius 1 is 1.26 bits per heavy atom. The third kappa shape index (κ3) is 2.66. The van der Waals surface area contributed by atoms with Crippen molar-refractivity contribution in [2.45, 2.75) is 44.2 Å². The van der Waals surface area contributed by atoms with Crippen LogP contribution in [0.3, 0.4) is 0 Å². The minimum Gasteiger partial charge on any atom is -0.423 e. The number of oxazole rings is 1. The van der Waals surface area contributed by atoms with Gasteiger partial charge in [-0.25, -0.2) is 0 Å². The van der Waals surface area contributed by atoms with Gasteiger partial charge < -0.3 is 20.6 Å². The predicted octanol–water partition coefficient (Wildman–Crippen LogP) is 2.52. The van der Waals surface area contributed by atoms with Gasteiger partial charge in [0.1, 0.15) is 5.52 Å². The van der Waals surface area contributed by atoms with E-state index in [0.717, 1.165) is 31.2 Å². The highest BCUT2D eigenvalue weighted by atomic mass is 16.4. The molecule has 5 heteroatoms. The van der Waals surface area contributed by atoms with E-state index in [2.05, 4.69) is 10.3 Å². The number of benzene rings is 1. The second-order valence-corrected chi connectivity index (χ2v) is 5.20. The molecule has 4 N–H and O–H groups in total. The summed E-state index contributed by atoms with van der Waals surface area (Å²) in [6, 6.07) is 5.88. The van der Waals surface area contributed by atoms with Gasteiger partial charge in [0.15, 0.2) is 5.58 Å². The topological polar surface area (TPSA) is 84.3 Å². The molecule has 1 aliphatic rings. The molecule has 1 aromatic carbocycles. The molecule has 2 unspecified atom stereocenters. The second kappa shape index (κ2) is 5.09. The molecule has 1 heterocycles. The maximum absolute atomic E-state index is 10.1. The Balaban J connectivity index is 1.80. The van der Waals surface area contributed by atoms with Crippen LogP contribution in [-0.4, -0.2) is 22.2 Å². The molecular weight excluding hydrogens is 242 g/mol. The van der Waals surface area contributed by atoms with E-state index in [1.54, 1.807) is 12.1 Å². The molecule has 1 aromatic heterocycles. The first-order valence-electron chi connectivity index (χ1n) is 6.83. The smallest absolute Gasteiger partial charge is 0.295 e. The van der Waals surface area contributed by atoms with Crippen LogP contribution in [0.2, 0.25) is 0 Å². The van der Waals surface area contributed by atoms with Crippen molar-refractivity contribution in [1.82, 2.24) is 4.98 Å². The van der Waals surface area contributed by atoms with Crippen molar-refractivity contribution in [3.63, 3.8) is 0 Å². The number of nitrogens with one attached hydrogen (secondary N) is 1. The molecule has 2 aromatic rings. The van der Waals surface area contributed by atoms with Crippen molar-refractivity contribution in [3.8, 4) is 0 Å². The molecule has 0 amide bonds. The highest BCUT2D eigenvalue weighted by Crippen LogP contribution is 2.25. The van der Waals surface area contributed by atoms with Crippen LogP contribution < -0.4 is 11.1 Å². The molecule has 0 aliphatic heterocycles. The van der Waals surface area contributed by atoms with E-state index in [1.807, 2.05) is 6.07 Å². The Morgan fingerprint density at radius 3 is 3.00 bits per heavy atom. The maximum atomic E-state index is 10.1. The summed E-state index contributed by atoms with van der Waals surface area (Å²) in [5.41, 5.74) is 7.82. The van der Waals surface area contributed by atoms with E-state index >= 15 is 0 Å². The number of hydrogen-bond donors (Lipinski definition) is 3. The lowest BCUT2D eigenvalue weighted by atomic mass is 10.1. The minimum absolute atomic E-state index is 0.0212. The van der Waals surface area contributed by atoms with E-state index in [0.29, 0.717) is 17.3 Å². The van der Waals surface area contributed by atoms with Crippen LogP contribution in [-0.2, 0) is 0 Å². The van der Waals surface area contributed by atoms with Crippen molar-refractivity contribution in [3.05, 3.63) is 18.2 Å². The number of aliphatic hydroxyl groups excluding tert-OH is 1. The van der Waals surface area contributed by atoms with Gasteiger partial charge in [0.25, 0.3) is 6.01 Å². The first-order valence-corrected chi connectivity index (χ1v) is 6.83. The number of rotatable bonds is 2. The quantitative estimate of drug-likeness (QED) is 0.571. The van der Waals surface area contributed by atoms with Gasteiger partial charge in [0.05, 0.1) is 12.1 Å². The fourth-order valence-electron chi connectivity index (χ4n) is 2.62. The highest BCUT2D eigenvalue weighted by molar-refractivity contribution is 5.78. The van der Waals surface area contributed by atoms with Gasteiger partial charge >= 0.3 is 0 Å². The van der Waals surface area contributed by atoms with Crippen LogP contribution in [0.25, 0.3) is 11.1 Å². The average Bonchev–Trinajstić information content (AvgIpc) is 2.66. The van der Waals surface area contributed by atoms with Crippen LogP contribution in [0, 0.1) is 0 Å². The molecule has 0 spiro atoms. The SMILES string of the molecule is Nc1ccc2nc(NC3CCCCCC3O)oc2c1. The third-order valence-electron chi connectivity index (χ3n) is 3.70. The number of aliphatic hydroxyl groups is 1. The normalized spacial score (nSPS) is 24.3. The molecule has 102 valence electrons. The lowest BCUT2D eigenvalue weighted by Crippen LogP contribution is -2.32. The van der Waals surface area contributed by atoms with Crippen molar-refractivity contribution in [1.29, 1.82) is 0 Å². The molecule has 0 bridgehead atoms. The van der Waals surface area contributed by atoms with Crippen molar-refractivity contribution in [2.75, 3.05) is 11.1 Å². The number of hydrogen-bond acceptors (Lipinski definition) is 5. The first kappa shape index (κ1) is 12.3. The number of nitrogens with two attached hydrogens (primary N) is 1. The number of nitrogens with zero attached hydrogens (tertiary/aromatic N) is 1. The van der Waals surface area contributed by atoms with E-state index in [4.69, 9.17) is 10.2 Å². The average molecular weight is 261 g/mol. The van der Waals surface area contributed by atoms with Crippen LogP contribution >= 0.6 is 0 Å². The van der Waals surface area contributed by atoms with Gasteiger partial charge in [-0.05, 0) is 25.0 Å². The van der Waals surface area contributed by atoms with Crippen molar-refractivity contribution < 1.29 is 9.52 Å². The van der Waals surface area contributed by atoms with Crippen molar-refractivity contribution >= 4 is 22.8 Å². The molecule has 1 fully saturated rings.